The minimum absolute atomic E-state index is 0.0223. The van der Waals surface area contributed by atoms with Crippen molar-refractivity contribution in [1.29, 1.82) is 0 Å². The summed E-state index contributed by atoms with van der Waals surface area (Å²) in [4.78, 5) is 44.0. The second-order valence-electron chi connectivity index (χ2n) is 6.94. The fourth-order valence-corrected chi connectivity index (χ4v) is 3.90. The first-order chi connectivity index (χ1) is 13.1. The topological polar surface area (TPSA) is 94.7 Å². The molecular weight excluding hydrogens is 348 g/mol. The van der Waals surface area contributed by atoms with Gasteiger partial charge in [-0.3, -0.25) is 14.4 Å². The van der Waals surface area contributed by atoms with E-state index in [1.807, 2.05) is 30.5 Å². The number of rotatable bonds is 4. The molecule has 3 amide bonds. The van der Waals surface area contributed by atoms with Crippen LogP contribution < -0.4 is 5.32 Å². The Morgan fingerprint density at radius 3 is 2.89 bits per heavy atom. The number of piperazine rings is 2. The van der Waals surface area contributed by atoms with Crippen LogP contribution in [0.4, 0.5) is 0 Å². The molecule has 2 N–H and O–H groups in total. The number of aromatic amines is 1. The predicted octanol–water partition coefficient (Wildman–Crippen LogP) is -0.105. The van der Waals surface area contributed by atoms with E-state index >= 15 is 0 Å². The molecule has 27 heavy (non-hydrogen) atoms. The number of ether oxygens (including phenoxy) is 1. The van der Waals surface area contributed by atoms with E-state index in [9.17, 15) is 14.4 Å². The van der Waals surface area contributed by atoms with Gasteiger partial charge in [-0.2, -0.15) is 0 Å². The van der Waals surface area contributed by atoms with Gasteiger partial charge in [0.2, 0.25) is 17.7 Å². The van der Waals surface area contributed by atoms with Crippen molar-refractivity contribution >= 4 is 28.6 Å². The number of benzene rings is 1. The Morgan fingerprint density at radius 2 is 2.07 bits per heavy atom. The van der Waals surface area contributed by atoms with Crippen LogP contribution >= 0.6 is 0 Å². The number of carbonyl (C=O) groups is 3. The lowest BCUT2D eigenvalue weighted by atomic mass is 9.98. The number of fused-ring (bicyclic) bond motifs is 2. The molecule has 142 valence electrons. The Bertz CT molecular complexity index is 893. The minimum atomic E-state index is -0.633. The fourth-order valence-electron chi connectivity index (χ4n) is 3.90. The lowest BCUT2D eigenvalue weighted by Gasteiger charge is -2.45. The monoisotopic (exact) mass is 370 g/mol. The van der Waals surface area contributed by atoms with Crippen LogP contribution in [0.15, 0.2) is 30.5 Å². The zero-order valence-electron chi connectivity index (χ0n) is 15.1. The summed E-state index contributed by atoms with van der Waals surface area (Å²) in [6, 6.07) is 6.66. The van der Waals surface area contributed by atoms with Crippen molar-refractivity contribution in [3.8, 4) is 0 Å². The number of hydrogen-bond acceptors (Lipinski definition) is 4. The third-order valence-corrected chi connectivity index (χ3v) is 5.30. The van der Waals surface area contributed by atoms with E-state index in [1.165, 1.54) is 7.11 Å². The van der Waals surface area contributed by atoms with Gasteiger partial charge in [0, 0.05) is 43.7 Å². The summed E-state index contributed by atoms with van der Waals surface area (Å²) >= 11 is 0. The second-order valence-corrected chi connectivity index (χ2v) is 6.94. The van der Waals surface area contributed by atoms with Gasteiger partial charge >= 0.3 is 0 Å². The van der Waals surface area contributed by atoms with Crippen molar-refractivity contribution in [2.75, 3.05) is 33.4 Å². The first kappa shape index (κ1) is 17.5. The SMILES string of the molecule is COCC(=O)N1CCN2C(=O)[C@H](Cc3c[nH]c4ccccc34)NC(=O)[C@@H]2C1. The molecule has 0 spiro atoms. The molecule has 3 heterocycles. The molecule has 0 bridgehead atoms. The highest BCUT2D eigenvalue weighted by atomic mass is 16.5. The highest BCUT2D eigenvalue weighted by Crippen LogP contribution is 2.22. The molecule has 4 rings (SSSR count). The molecule has 8 nitrogen and oxygen atoms in total. The van der Waals surface area contributed by atoms with E-state index < -0.39 is 12.1 Å². The zero-order valence-corrected chi connectivity index (χ0v) is 15.1. The number of H-pyrrole nitrogens is 1. The molecule has 2 aliphatic rings. The molecule has 2 saturated heterocycles. The summed E-state index contributed by atoms with van der Waals surface area (Å²) in [5, 5.41) is 3.90. The van der Waals surface area contributed by atoms with Crippen LogP contribution in [-0.4, -0.2) is 77.9 Å². The summed E-state index contributed by atoms with van der Waals surface area (Å²) < 4.78 is 4.88. The highest BCUT2D eigenvalue weighted by molar-refractivity contribution is 5.98. The molecule has 1 aromatic carbocycles. The van der Waals surface area contributed by atoms with Gasteiger partial charge < -0.3 is 24.8 Å². The van der Waals surface area contributed by atoms with E-state index in [0.717, 1.165) is 16.5 Å². The van der Waals surface area contributed by atoms with E-state index in [1.54, 1.807) is 9.80 Å². The lowest BCUT2D eigenvalue weighted by Crippen LogP contribution is -2.70. The summed E-state index contributed by atoms with van der Waals surface area (Å²) in [7, 11) is 1.46. The molecule has 8 heteroatoms. The van der Waals surface area contributed by atoms with Crippen LogP contribution in [0, 0.1) is 0 Å². The molecule has 2 atom stereocenters. The Balaban J connectivity index is 1.49. The van der Waals surface area contributed by atoms with Crippen LogP contribution in [0.25, 0.3) is 10.9 Å². The van der Waals surface area contributed by atoms with Gasteiger partial charge in [-0.05, 0) is 11.6 Å². The average Bonchev–Trinajstić information content (AvgIpc) is 3.09. The van der Waals surface area contributed by atoms with Crippen molar-refractivity contribution in [3.05, 3.63) is 36.0 Å². The summed E-state index contributed by atoms with van der Waals surface area (Å²) in [5.41, 5.74) is 2.00. The maximum absolute atomic E-state index is 12.9. The maximum atomic E-state index is 12.9. The molecule has 0 unspecified atom stereocenters. The second kappa shape index (κ2) is 7.03. The molecule has 0 radical (unpaired) electrons. The molecule has 2 aliphatic heterocycles. The molecule has 2 aromatic rings. The average molecular weight is 370 g/mol. The van der Waals surface area contributed by atoms with Gasteiger partial charge in [-0.15, -0.1) is 0 Å². The quantitative estimate of drug-likeness (QED) is 0.785. The number of para-hydroxylation sites is 1. The van der Waals surface area contributed by atoms with Crippen LogP contribution in [0.1, 0.15) is 5.56 Å². The van der Waals surface area contributed by atoms with E-state index in [2.05, 4.69) is 10.3 Å². The Labute approximate surface area is 156 Å². The third kappa shape index (κ3) is 3.16. The summed E-state index contributed by atoms with van der Waals surface area (Å²) in [6.07, 6.45) is 2.32. The maximum Gasteiger partial charge on any atom is 0.248 e. The van der Waals surface area contributed by atoms with Gasteiger partial charge in [0.1, 0.15) is 18.7 Å². The van der Waals surface area contributed by atoms with Gasteiger partial charge in [0.05, 0.1) is 6.54 Å². The smallest absolute Gasteiger partial charge is 0.248 e. The lowest BCUT2D eigenvalue weighted by molar-refractivity contribution is -0.156. The zero-order chi connectivity index (χ0) is 19.0. The third-order valence-electron chi connectivity index (χ3n) is 5.30. The van der Waals surface area contributed by atoms with Gasteiger partial charge in [0.15, 0.2) is 0 Å². The van der Waals surface area contributed by atoms with Gasteiger partial charge in [-0.25, -0.2) is 0 Å². The first-order valence-electron chi connectivity index (χ1n) is 9.01. The van der Waals surface area contributed by atoms with Crippen molar-refractivity contribution in [1.82, 2.24) is 20.1 Å². The number of nitrogens with one attached hydrogen (secondary N) is 2. The Morgan fingerprint density at radius 1 is 1.26 bits per heavy atom. The van der Waals surface area contributed by atoms with Crippen molar-refractivity contribution < 1.29 is 19.1 Å². The minimum Gasteiger partial charge on any atom is -0.375 e. The van der Waals surface area contributed by atoms with Gasteiger partial charge in [-0.1, -0.05) is 18.2 Å². The van der Waals surface area contributed by atoms with Crippen molar-refractivity contribution in [3.63, 3.8) is 0 Å². The number of aromatic nitrogens is 1. The molecular formula is C19H22N4O4. The molecule has 1 aromatic heterocycles. The Hall–Kier alpha value is -2.87. The predicted molar refractivity (Wildman–Crippen MR) is 97.9 cm³/mol. The van der Waals surface area contributed by atoms with Crippen LogP contribution in [0.5, 0.6) is 0 Å². The number of methoxy groups -OCH3 is 1. The van der Waals surface area contributed by atoms with Crippen LogP contribution in [-0.2, 0) is 25.5 Å². The van der Waals surface area contributed by atoms with Crippen molar-refractivity contribution in [2.45, 2.75) is 18.5 Å². The highest BCUT2D eigenvalue weighted by Gasteiger charge is 2.44. The molecule has 0 saturated carbocycles. The number of nitrogens with zero attached hydrogens (tertiary/aromatic N) is 2. The molecule has 0 aliphatic carbocycles. The van der Waals surface area contributed by atoms with E-state index in [-0.39, 0.29) is 30.9 Å². The van der Waals surface area contributed by atoms with E-state index in [0.29, 0.717) is 19.5 Å². The number of carbonyl (C=O) groups excluding carboxylic acids is 3. The van der Waals surface area contributed by atoms with Crippen molar-refractivity contribution in [2.24, 2.45) is 0 Å². The number of hydrogen-bond donors (Lipinski definition) is 2. The number of amides is 3. The first-order valence-corrected chi connectivity index (χ1v) is 9.01. The molecule has 2 fully saturated rings. The van der Waals surface area contributed by atoms with Gasteiger partial charge in [0.25, 0.3) is 0 Å². The van der Waals surface area contributed by atoms with E-state index in [4.69, 9.17) is 4.74 Å². The standard InChI is InChI=1S/C19H22N4O4/c1-27-11-17(24)22-6-7-23-16(10-22)18(25)21-15(19(23)26)8-12-9-20-14-5-3-2-4-13(12)14/h2-5,9,15-16,20H,6-8,10-11H2,1H3,(H,21,25)/t15-,16-/m0/s1. The van der Waals surface area contributed by atoms with Crippen LogP contribution in [0.3, 0.4) is 0 Å². The summed E-state index contributed by atoms with van der Waals surface area (Å²) in [6.45, 7) is 0.958. The summed E-state index contributed by atoms with van der Waals surface area (Å²) in [5.74, 6) is -0.476. The largest absolute Gasteiger partial charge is 0.375 e. The normalized spacial score (nSPS) is 22.7. The Kier molecular flexibility index (Phi) is 4.57. The fraction of sp³-hybridized carbons (Fsp3) is 0.421. The van der Waals surface area contributed by atoms with Crippen LogP contribution in [0.2, 0.25) is 0 Å².